The molecule has 7 heteroatoms. The highest BCUT2D eigenvalue weighted by Crippen LogP contribution is 2.26. The molecule has 0 aliphatic carbocycles. The lowest BCUT2D eigenvalue weighted by atomic mass is 10.1. The molecule has 0 bridgehead atoms. The van der Waals surface area contributed by atoms with Crippen molar-refractivity contribution in [1.29, 1.82) is 0 Å². The van der Waals surface area contributed by atoms with Crippen LogP contribution in [-0.2, 0) is 6.54 Å². The van der Waals surface area contributed by atoms with E-state index in [0.717, 1.165) is 18.2 Å². The third-order valence-electron chi connectivity index (χ3n) is 3.07. The van der Waals surface area contributed by atoms with E-state index in [-0.39, 0.29) is 28.7 Å². The number of hydrogen-bond donors (Lipinski definition) is 0. The first-order valence-electron chi connectivity index (χ1n) is 6.57. The summed E-state index contributed by atoms with van der Waals surface area (Å²) in [5.41, 5.74) is 0.404. The number of rotatable bonds is 5. The van der Waals surface area contributed by atoms with Crippen LogP contribution in [0.15, 0.2) is 30.3 Å². The van der Waals surface area contributed by atoms with Crippen molar-refractivity contribution in [3.63, 3.8) is 0 Å². The summed E-state index contributed by atoms with van der Waals surface area (Å²) in [5, 5.41) is -0.157. The molecule has 0 fully saturated rings. The Morgan fingerprint density at radius 2 is 1.43 bits per heavy atom. The molecule has 0 saturated carbocycles. The maximum absolute atomic E-state index is 13.2. The molecule has 0 aliphatic rings. The molecule has 0 radical (unpaired) electrons. The van der Waals surface area contributed by atoms with Gasteiger partial charge in [-0.2, -0.15) is 0 Å². The summed E-state index contributed by atoms with van der Waals surface area (Å²) < 4.78 is 39.4. The van der Waals surface area contributed by atoms with Crippen molar-refractivity contribution in [1.82, 2.24) is 4.90 Å². The lowest BCUT2D eigenvalue weighted by Gasteiger charge is -2.17. The summed E-state index contributed by atoms with van der Waals surface area (Å²) in [6.45, 7) is 0.0556. The van der Waals surface area contributed by atoms with Crippen molar-refractivity contribution in [2.75, 3.05) is 13.6 Å². The molecule has 23 heavy (non-hydrogen) atoms. The number of carbonyl (C=O) groups excluding carboxylic acids is 1. The number of nitrogens with zero attached hydrogens (tertiary/aromatic N) is 1. The molecule has 0 saturated heterocycles. The highest BCUT2D eigenvalue weighted by Gasteiger charge is 2.18. The molecule has 0 atom stereocenters. The first-order chi connectivity index (χ1) is 10.8. The zero-order chi connectivity index (χ0) is 17.1. The molecule has 122 valence electrons. The predicted octanol–water partition coefficient (Wildman–Crippen LogP) is 4.73. The summed E-state index contributed by atoms with van der Waals surface area (Å²) in [4.78, 5) is 13.8. The molecule has 0 aromatic heterocycles. The fraction of sp³-hybridized carbons (Fsp3) is 0.188. The van der Waals surface area contributed by atoms with Crippen molar-refractivity contribution in [2.45, 2.75) is 6.54 Å². The maximum Gasteiger partial charge on any atom is 0.179 e. The highest BCUT2D eigenvalue weighted by molar-refractivity contribution is 6.39. The number of benzene rings is 2. The van der Waals surface area contributed by atoms with Gasteiger partial charge in [0.1, 0.15) is 17.5 Å². The van der Waals surface area contributed by atoms with Crippen molar-refractivity contribution >= 4 is 29.0 Å². The molecule has 2 aromatic carbocycles. The highest BCUT2D eigenvalue weighted by atomic mass is 35.5. The van der Waals surface area contributed by atoms with Crippen LogP contribution < -0.4 is 0 Å². The summed E-state index contributed by atoms with van der Waals surface area (Å²) in [5.74, 6) is -2.44. The zero-order valence-corrected chi connectivity index (χ0v) is 13.6. The first-order valence-corrected chi connectivity index (χ1v) is 7.33. The normalized spacial score (nSPS) is 11.1. The van der Waals surface area contributed by atoms with Gasteiger partial charge in [0.05, 0.1) is 22.2 Å². The van der Waals surface area contributed by atoms with Gasteiger partial charge in [0.25, 0.3) is 0 Å². The largest absolute Gasteiger partial charge is 0.295 e. The second-order valence-corrected chi connectivity index (χ2v) is 5.93. The van der Waals surface area contributed by atoms with E-state index < -0.39 is 23.2 Å². The molecule has 0 N–H and O–H groups in total. The van der Waals surface area contributed by atoms with E-state index in [1.54, 1.807) is 11.9 Å². The second-order valence-electron chi connectivity index (χ2n) is 5.12. The van der Waals surface area contributed by atoms with Crippen LogP contribution in [0.25, 0.3) is 0 Å². The van der Waals surface area contributed by atoms with Gasteiger partial charge in [0.15, 0.2) is 5.78 Å². The standard InChI is InChI=1S/C16H12Cl2F3NO/c1-22(7-9-2-10(19)4-11(20)3-9)8-15(23)16-13(17)5-12(21)6-14(16)18/h2-6H,7-8H2,1H3. The Kier molecular flexibility index (Phi) is 5.68. The molecular weight excluding hydrogens is 350 g/mol. The van der Waals surface area contributed by atoms with Crippen LogP contribution in [0.3, 0.4) is 0 Å². The monoisotopic (exact) mass is 361 g/mol. The number of Topliss-reactive ketones (excluding diaryl/α,β-unsaturated/α-hetero) is 1. The topological polar surface area (TPSA) is 20.3 Å². The summed E-state index contributed by atoms with van der Waals surface area (Å²) in [6.07, 6.45) is 0. The Morgan fingerprint density at radius 1 is 0.957 bits per heavy atom. The Bertz CT molecular complexity index is 709. The van der Waals surface area contributed by atoms with E-state index >= 15 is 0 Å². The fourth-order valence-corrected chi connectivity index (χ4v) is 2.87. The molecule has 0 aliphatic heterocycles. The van der Waals surface area contributed by atoms with Gasteiger partial charge < -0.3 is 0 Å². The van der Waals surface area contributed by atoms with Crippen LogP contribution in [0.5, 0.6) is 0 Å². The van der Waals surface area contributed by atoms with E-state index in [1.807, 2.05) is 0 Å². The first kappa shape index (κ1) is 17.8. The number of halogens is 5. The average molecular weight is 362 g/mol. The van der Waals surface area contributed by atoms with Crippen LogP contribution in [-0.4, -0.2) is 24.3 Å². The number of hydrogen-bond acceptors (Lipinski definition) is 2. The minimum atomic E-state index is -0.690. The van der Waals surface area contributed by atoms with Crippen LogP contribution >= 0.6 is 23.2 Å². The minimum absolute atomic E-state index is 0.0204. The summed E-state index contributed by atoms with van der Waals surface area (Å²) in [6, 6.07) is 5.14. The van der Waals surface area contributed by atoms with Crippen molar-refractivity contribution in [2.24, 2.45) is 0 Å². The van der Waals surface area contributed by atoms with E-state index in [0.29, 0.717) is 5.56 Å². The fourth-order valence-electron chi connectivity index (χ4n) is 2.20. The third kappa shape index (κ3) is 4.70. The van der Waals surface area contributed by atoms with Gasteiger partial charge in [-0.15, -0.1) is 0 Å². The minimum Gasteiger partial charge on any atom is -0.295 e. The van der Waals surface area contributed by atoms with Crippen LogP contribution in [0.1, 0.15) is 15.9 Å². The Morgan fingerprint density at radius 3 is 1.96 bits per heavy atom. The molecule has 2 rings (SSSR count). The SMILES string of the molecule is CN(CC(=O)c1c(Cl)cc(F)cc1Cl)Cc1cc(F)cc(F)c1. The predicted molar refractivity (Wildman–Crippen MR) is 83.4 cm³/mol. The van der Waals surface area contributed by atoms with Gasteiger partial charge in [-0.25, -0.2) is 13.2 Å². The van der Waals surface area contributed by atoms with Gasteiger partial charge in [-0.3, -0.25) is 9.69 Å². The van der Waals surface area contributed by atoms with Crippen LogP contribution in [0, 0.1) is 17.5 Å². The number of carbonyl (C=O) groups is 1. The van der Waals surface area contributed by atoms with Crippen molar-refractivity contribution in [3.05, 3.63) is 69.0 Å². The van der Waals surface area contributed by atoms with Crippen LogP contribution in [0.4, 0.5) is 13.2 Å². The molecule has 0 amide bonds. The van der Waals surface area contributed by atoms with Crippen molar-refractivity contribution < 1.29 is 18.0 Å². The molecule has 2 nitrogen and oxygen atoms in total. The lowest BCUT2D eigenvalue weighted by molar-refractivity contribution is 0.0943. The molecule has 0 unspecified atom stereocenters. The Labute approximate surface area is 141 Å². The summed E-state index contributed by atoms with van der Waals surface area (Å²) in [7, 11) is 1.60. The second kappa shape index (κ2) is 7.34. The van der Waals surface area contributed by atoms with E-state index in [4.69, 9.17) is 23.2 Å². The quantitative estimate of drug-likeness (QED) is 0.717. The van der Waals surface area contributed by atoms with Gasteiger partial charge >= 0.3 is 0 Å². The molecule has 2 aromatic rings. The van der Waals surface area contributed by atoms with E-state index in [1.165, 1.54) is 12.1 Å². The van der Waals surface area contributed by atoms with Crippen molar-refractivity contribution in [3.8, 4) is 0 Å². The number of ketones is 1. The molecular formula is C16H12Cl2F3NO. The van der Waals surface area contributed by atoms with Gasteiger partial charge in [-0.1, -0.05) is 23.2 Å². The Hall–Kier alpha value is -1.56. The van der Waals surface area contributed by atoms with Crippen LogP contribution in [0.2, 0.25) is 10.0 Å². The lowest BCUT2D eigenvalue weighted by Crippen LogP contribution is -2.26. The summed E-state index contributed by atoms with van der Waals surface area (Å²) >= 11 is 11.7. The van der Waals surface area contributed by atoms with Gasteiger partial charge in [0, 0.05) is 12.6 Å². The zero-order valence-electron chi connectivity index (χ0n) is 12.0. The van der Waals surface area contributed by atoms with Gasteiger partial charge in [0.2, 0.25) is 0 Å². The molecule has 0 heterocycles. The molecule has 0 spiro atoms. The third-order valence-corrected chi connectivity index (χ3v) is 3.67. The average Bonchev–Trinajstić information content (AvgIpc) is 2.35. The number of likely N-dealkylation sites (N-methyl/N-ethyl adjacent to an activating group) is 1. The van der Waals surface area contributed by atoms with Gasteiger partial charge in [-0.05, 0) is 36.9 Å². The Balaban J connectivity index is 2.11. The van der Waals surface area contributed by atoms with E-state index in [9.17, 15) is 18.0 Å². The smallest absolute Gasteiger partial charge is 0.179 e. The van der Waals surface area contributed by atoms with E-state index in [2.05, 4.69) is 0 Å². The maximum atomic E-state index is 13.2.